The van der Waals surface area contributed by atoms with E-state index < -0.39 is 17.2 Å². The summed E-state index contributed by atoms with van der Waals surface area (Å²) < 4.78 is 32.7. The van der Waals surface area contributed by atoms with Gasteiger partial charge in [-0.3, -0.25) is 4.90 Å². The minimum Gasteiger partial charge on any atom is -0.441 e. The highest BCUT2D eigenvalue weighted by Crippen LogP contribution is 2.27. The quantitative estimate of drug-likeness (QED) is 0.942. The van der Waals surface area contributed by atoms with Crippen molar-refractivity contribution in [2.24, 2.45) is 0 Å². The second-order valence-electron chi connectivity index (χ2n) is 6.43. The third-order valence-electron chi connectivity index (χ3n) is 4.20. The lowest BCUT2D eigenvalue weighted by Gasteiger charge is -2.36. The van der Waals surface area contributed by atoms with Crippen molar-refractivity contribution < 1.29 is 18.3 Å². The van der Waals surface area contributed by atoms with Crippen LogP contribution in [0.15, 0.2) is 22.6 Å². The van der Waals surface area contributed by atoms with Gasteiger partial charge < -0.3 is 9.52 Å². The first-order valence-electron chi connectivity index (χ1n) is 7.71. The summed E-state index contributed by atoms with van der Waals surface area (Å²) in [7, 11) is 0. The molecule has 1 fully saturated rings. The first-order chi connectivity index (χ1) is 10.9. The van der Waals surface area contributed by atoms with E-state index in [1.54, 1.807) is 6.92 Å². The third-order valence-corrected chi connectivity index (χ3v) is 4.20. The van der Waals surface area contributed by atoms with E-state index in [0.29, 0.717) is 24.5 Å². The summed E-state index contributed by atoms with van der Waals surface area (Å²) in [5.41, 5.74) is -0.000679. The Labute approximate surface area is 133 Å². The number of halogens is 2. The predicted octanol–water partition coefficient (Wildman–Crippen LogP) is 3.28. The molecule has 1 aromatic carbocycles. The molecule has 3 rings (SSSR count). The van der Waals surface area contributed by atoms with Crippen LogP contribution >= 0.6 is 0 Å². The molecule has 23 heavy (non-hydrogen) atoms. The molecule has 4 nitrogen and oxygen atoms in total. The smallest absolute Gasteiger partial charge is 0.229 e. The van der Waals surface area contributed by atoms with Crippen molar-refractivity contribution in [2.75, 3.05) is 13.1 Å². The van der Waals surface area contributed by atoms with E-state index in [2.05, 4.69) is 9.88 Å². The number of aromatic nitrogens is 1. The summed E-state index contributed by atoms with van der Waals surface area (Å²) in [5, 5.41) is 10.2. The van der Waals surface area contributed by atoms with Gasteiger partial charge in [-0.05, 0) is 45.4 Å². The molecule has 1 aliphatic rings. The lowest BCUT2D eigenvalue weighted by molar-refractivity contribution is -0.0185. The van der Waals surface area contributed by atoms with Gasteiger partial charge >= 0.3 is 0 Å². The number of nitrogens with zero attached hydrogens (tertiary/aromatic N) is 2. The molecular weight excluding hydrogens is 302 g/mol. The SMILES string of the molecule is Cc1oc(-c2cccc(F)c2F)nc1CN1CCC[C@@](C)(O)C1. The predicted molar refractivity (Wildman–Crippen MR) is 81.7 cm³/mol. The van der Waals surface area contributed by atoms with Gasteiger partial charge in [0, 0.05) is 13.1 Å². The monoisotopic (exact) mass is 322 g/mol. The van der Waals surface area contributed by atoms with Crippen LogP contribution in [0.4, 0.5) is 8.78 Å². The van der Waals surface area contributed by atoms with Gasteiger partial charge in [0.25, 0.3) is 0 Å². The molecule has 1 aliphatic heterocycles. The van der Waals surface area contributed by atoms with Crippen molar-refractivity contribution in [3.8, 4) is 11.5 Å². The highest BCUT2D eigenvalue weighted by molar-refractivity contribution is 5.54. The molecular formula is C17H20F2N2O2. The van der Waals surface area contributed by atoms with Gasteiger partial charge in [-0.2, -0.15) is 0 Å². The van der Waals surface area contributed by atoms with E-state index >= 15 is 0 Å². The third kappa shape index (κ3) is 3.43. The van der Waals surface area contributed by atoms with E-state index in [-0.39, 0.29) is 11.5 Å². The zero-order valence-corrected chi connectivity index (χ0v) is 13.3. The molecule has 0 saturated carbocycles. The van der Waals surface area contributed by atoms with Gasteiger partial charge in [0.1, 0.15) is 5.76 Å². The van der Waals surface area contributed by atoms with Crippen LogP contribution in [0, 0.1) is 18.6 Å². The van der Waals surface area contributed by atoms with Crippen LogP contribution in [0.3, 0.4) is 0 Å². The highest BCUT2D eigenvalue weighted by Gasteiger charge is 2.29. The highest BCUT2D eigenvalue weighted by atomic mass is 19.2. The lowest BCUT2D eigenvalue weighted by atomic mass is 9.95. The summed E-state index contributed by atoms with van der Waals surface area (Å²) >= 11 is 0. The van der Waals surface area contributed by atoms with Crippen LogP contribution in [-0.2, 0) is 6.54 Å². The summed E-state index contributed by atoms with van der Waals surface area (Å²) in [6.45, 7) is 5.52. The van der Waals surface area contributed by atoms with Crippen molar-refractivity contribution >= 4 is 0 Å². The average molecular weight is 322 g/mol. The summed E-state index contributed by atoms with van der Waals surface area (Å²) in [5.74, 6) is -1.22. The molecule has 1 N–H and O–H groups in total. The average Bonchev–Trinajstić information content (AvgIpc) is 2.82. The van der Waals surface area contributed by atoms with Crippen LogP contribution in [0.25, 0.3) is 11.5 Å². The van der Waals surface area contributed by atoms with Crippen LogP contribution in [0.2, 0.25) is 0 Å². The number of aliphatic hydroxyl groups is 1. The minimum atomic E-state index is -0.957. The van der Waals surface area contributed by atoms with Crippen LogP contribution in [0.5, 0.6) is 0 Å². The fourth-order valence-electron chi connectivity index (χ4n) is 3.03. The Morgan fingerprint density at radius 2 is 2.17 bits per heavy atom. The van der Waals surface area contributed by atoms with E-state index in [4.69, 9.17) is 4.42 Å². The fraction of sp³-hybridized carbons (Fsp3) is 0.471. The number of benzene rings is 1. The van der Waals surface area contributed by atoms with E-state index in [0.717, 1.165) is 25.5 Å². The molecule has 0 spiro atoms. The Hall–Kier alpha value is -1.79. The van der Waals surface area contributed by atoms with Gasteiger partial charge in [0.15, 0.2) is 11.6 Å². The molecule has 1 saturated heterocycles. The first kappa shape index (κ1) is 16.1. The number of β-amino-alcohol motifs (C(OH)–C–C–N with tert-alkyl or cyclic N) is 1. The number of rotatable bonds is 3. The Balaban J connectivity index is 1.83. The number of likely N-dealkylation sites (tertiary alicyclic amines) is 1. The van der Waals surface area contributed by atoms with Crippen LogP contribution in [-0.4, -0.2) is 33.7 Å². The van der Waals surface area contributed by atoms with Crippen molar-refractivity contribution in [3.05, 3.63) is 41.3 Å². The molecule has 0 radical (unpaired) electrons. The van der Waals surface area contributed by atoms with Crippen molar-refractivity contribution in [3.63, 3.8) is 0 Å². The standard InChI is InChI=1S/C17H20F2N2O2/c1-11-14(9-21-8-4-7-17(2,22)10-21)20-16(23-11)12-5-3-6-13(18)15(12)19/h3,5-6,22H,4,7-10H2,1-2H3/t17-/m1/s1. The molecule has 124 valence electrons. The Bertz CT molecular complexity index is 713. The Morgan fingerprint density at radius 3 is 2.91 bits per heavy atom. The van der Waals surface area contributed by atoms with Crippen LogP contribution < -0.4 is 0 Å². The minimum absolute atomic E-state index is 0.0185. The van der Waals surface area contributed by atoms with Gasteiger partial charge in [0.2, 0.25) is 5.89 Å². The van der Waals surface area contributed by atoms with Crippen LogP contribution in [0.1, 0.15) is 31.2 Å². The second kappa shape index (κ2) is 6.02. The zero-order chi connectivity index (χ0) is 16.6. The maximum Gasteiger partial charge on any atom is 0.229 e. The number of oxazole rings is 1. The molecule has 2 heterocycles. The van der Waals surface area contributed by atoms with E-state index in [1.165, 1.54) is 12.1 Å². The molecule has 2 aromatic rings. The molecule has 0 aliphatic carbocycles. The summed E-state index contributed by atoms with van der Waals surface area (Å²) in [6, 6.07) is 3.93. The molecule has 1 aromatic heterocycles. The summed E-state index contributed by atoms with van der Waals surface area (Å²) in [4.78, 5) is 6.42. The zero-order valence-electron chi connectivity index (χ0n) is 13.3. The van der Waals surface area contributed by atoms with E-state index in [9.17, 15) is 13.9 Å². The number of hydrogen-bond acceptors (Lipinski definition) is 4. The number of aryl methyl sites for hydroxylation is 1. The first-order valence-corrected chi connectivity index (χ1v) is 7.71. The number of hydrogen-bond donors (Lipinski definition) is 1. The van der Waals surface area contributed by atoms with E-state index in [1.807, 2.05) is 6.92 Å². The van der Waals surface area contributed by atoms with Crippen molar-refractivity contribution in [1.29, 1.82) is 0 Å². The normalized spacial score (nSPS) is 22.5. The molecule has 0 bridgehead atoms. The van der Waals surface area contributed by atoms with Gasteiger partial charge in [-0.25, -0.2) is 13.8 Å². The Morgan fingerprint density at radius 1 is 1.39 bits per heavy atom. The maximum absolute atomic E-state index is 13.9. The molecule has 1 atom stereocenters. The number of piperidine rings is 1. The summed E-state index contributed by atoms with van der Waals surface area (Å²) in [6.07, 6.45) is 1.69. The van der Waals surface area contributed by atoms with Gasteiger partial charge in [0.05, 0.1) is 16.9 Å². The molecule has 0 amide bonds. The molecule has 6 heteroatoms. The lowest BCUT2D eigenvalue weighted by Crippen LogP contribution is -2.45. The van der Waals surface area contributed by atoms with Gasteiger partial charge in [-0.15, -0.1) is 0 Å². The van der Waals surface area contributed by atoms with Crippen molar-refractivity contribution in [2.45, 2.75) is 38.8 Å². The molecule has 0 unspecified atom stereocenters. The largest absolute Gasteiger partial charge is 0.441 e. The van der Waals surface area contributed by atoms with Crippen molar-refractivity contribution in [1.82, 2.24) is 9.88 Å². The Kier molecular flexibility index (Phi) is 4.21. The second-order valence-corrected chi connectivity index (χ2v) is 6.43. The maximum atomic E-state index is 13.9. The van der Waals surface area contributed by atoms with Gasteiger partial charge in [-0.1, -0.05) is 6.07 Å². The topological polar surface area (TPSA) is 49.5 Å². The fourth-order valence-corrected chi connectivity index (χ4v) is 3.03.